The van der Waals surface area contributed by atoms with Crippen molar-refractivity contribution in [3.63, 3.8) is 0 Å². The number of nitrogens with zero attached hydrogens (tertiary/aromatic N) is 1. The van der Waals surface area contributed by atoms with Gasteiger partial charge in [0.2, 0.25) is 5.91 Å². The van der Waals surface area contributed by atoms with Crippen LogP contribution in [0.25, 0.3) is 0 Å². The summed E-state index contributed by atoms with van der Waals surface area (Å²) in [6.45, 7) is 3.72. The molecule has 0 bridgehead atoms. The van der Waals surface area contributed by atoms with Crippen LogP contribution in [0.1, 0.15) is 40.1 Å². The fourth-order valence-electron chi connectivity index (χ4n) is 2.65. The number of aldehydes is 1. The molecule has 0 radical (unpaired) electrons. The van der Waals surface area contributed by atoms with Crippen LogP contribution in [0.2, 0.25) is 0 Å². The first-order valence-corrected chi connectivity index (χ1v) is 8.79. The summed E-state index contributed by atoms with van der Waals surface area (Å²) in [6.07, 6.45) is 0.691. The molecule has 128 valence electrons. The van der Waals surface area contributed by atoms with Crippen LogP contribution in [0.5, 0.6) is 0 Å². The third-order valence-electron chi connectivity index (χ3n) is 4.28. The van der Waals surface area contributed by atoms with Gasteiger partial charge in [0, 0.05) is 17.8 Å². The van der Waals surface area contributed by atoms with E-state index in [1.54, 1.807) is 18.0 Å². The van der Waals surface area contributed by atoms with Crippen molar-refractivity contribution in [3.8, 4) is 0 Å². The summed E-state index contributed by atoms with van der Waals surface area (Å²) in [5.74, 6) is -0.225. The highest BCUT2D eigenvalue weighted by molar-refractivity contribution is 7.13. The van der Waals surface area contributed by atoms with Crippen LogP contribution in [-0.4, -0.2) is 35.3 Å². The predicted molar refractivity (Wildman–Crippen MR) is 96.2 cm³/mol. The number of carbonyl (C=O) groups is 2. The summed E-state index contributed by atoms with van der Waals surface area (Å²) in [7, 11) is 1.72. The smallest absolute Gasteiger partial charge is 0.225 e. The van der Waals surface area contributed by atoms with E-state index in [0.29, 0.717) is 11.3 Å². The van der Waals surface area contributed by atoms with Gasteiger partial charge in [-0.25, -0.2) is 0 Å². The average Bonchev–Trinajstić information content (AvgIpc) is 3.07. The van der Waals surface area contributed by atoms with E-state index in [4.69, 9.17) is 0 Å². The van der Waals surface area contributed by atoms with Crippen LogP contribution >= 0.6 is 11.3 Å². The maximum Gasteiger partial charge on any atom is 0.225 e. The Morgan fingerprint density at radius 3 is 2.46 bits per heavy atom. The van der Waals surface area contributed by atoms with E-state index in [2.05, 4.69) is 0 Å². The largest absolute Gasteiger partial charge is 0.386 e. The molecular weight excluding hydrogens is 322 g/mol. The average molecular weight is 345 g/mol. The van der Waals surface area contributed by atoms with E-state index >= 15 is 0 Å². The van der Waals surface area contributed by atoms with Crippen molar-refractivity contribution in [1.82, 2.24) is 4.90 Å². The first-order valence-electron chi connectivity index (χ1n) is 7.97. The number of thiophene rings is 1. The van der Waals surface area contributed by atoms with Gasteiger partial charge in [-0.15, -0.1) is 11.3 Å². The van der Waals surface area contributed by atoms with E-state index in [0.717, 1.165) is 16.7 Å². The van der Waals surface area contributed by atoms with Gasteiger partial charge in [-0.2, -0.15) is 0 Å². The van der Waals surface area contributed by atoms with E-state index in [1.165, 1.54) is 11.3 Å². The normalized spacial score (nSPS) is 14.7. The lowest BCUT2D eigenvalue weighted by Crippen LogP contribution is -2.42. The lowest BCUT2D eigenvalue weighted by Gasteiger charge is -2.31. The van der Waals surface area contributed by atoms with Crippen molar-refractivity contribution in [2.24, 2.45) is 5.92 Å². The van der Waals surface area contributed by atoms with Crippen molar-refractivity contribution >= 4 is 23.5 Å². The summed E-state index contributed by atoms with van der Waals surface area (Å²) < 4.78 is 0. The van der Waals surface area contributed by atoms with E-state index < -0.39 is 6.10 Å². The first-order chi connectivity index (χ1) is 11.4. The summed E-state index contributed by atoms with van der Waals surface area (Å²) in [6, 6.07) is 12.7. The van der Waals surface area contributed by atoms with Crippen LogP contribution < -0.4 is 0 Å². The minimum atomic E-state index is -0.726. The molecule has 0 saturated heterocycles. The second-order valence-electron chi connectivity index (χ2n) is 6.07. The molecule has 0 aliphatic carbocycles. The summed E-state index contributed by atoms with van der Waals surface area (Å²) in [5.41, 5.74) is 0.797. The van der Waals surface area contributed by atoms with Gasteiger partial charge in [0.05, 0.1) is 17.0 Å². The Morgan fingerprint density at radius 2 is 1.88 bits per heavy atom. The number of aliphatic hydroxyl groups is 1. The molecule has 0 spiro atoms. The van der Waals surface area contributed by atoms with Crippen LogP contribution in [0, 0.1) is 5.92 Å². The number of likely N-dealkylation sites (N-methyl/N-ethyl adjacent to an activating group) is 1. The van der Waals surface area contributed by atoms with Crippen LogP contribution in [-0.2, 0) is 11.2 Å². The number of rotatable bonds is 7. The van der Waals surface area contributed by atoms with Crippen molar-refractivity contribution in [3.05, 3.63) is 57.8 Å². The van der Waals surface area contributed by atoms with Gasteiger partial charge in [0.25, 0.3) is 0 Å². The number of amides is 1. The summed E-state index contributed by atoms with van der Waals surface area (Å²) in [5, 5.41) is 10.5. The van der Waals surface area contributed by atoms with E-state index in [1.807, 2.05) is 50.2 Å². The van der Waals surface area contributed by atoms with Crippen LogP contribution in [0.15, 0.2) is 42.5 Å². The lowest BCUT2D eigenvalue weighted by atomic mass is 10.00. The second-order valence-corrected chi connectivity index (χ2v) is 7.27. The highest BCUT2D eigenvalue weighted by atomic mass is 32.1. The number of benzene rings is 1. The van der Waals surface area contributed by atoms with Gasteiger partial charge >= 0.3 is 0 Å². The maximum absolute atomic E-state index is 12.7. The number of aliphatic hydroxyl groups excluding tert-OH is 1. The molecule has 0 saturated carbocycles. The lowest BCUT2D eigenvalue weighted by molar-refractivity contribution is -0.137. The fourth-order valence-corrected chi connectivity index (χ4v) is 3.60. The Kier molecular flexibility index (Phi) is 6.29. The molecule has 0 aliphatic rings. The zero-order valence-corrected chi connectivity index (χ0v) is 15.0. The Balaban J connectivity index is 2.00. The van der Waals surface area contributed by atoms with Gasteiger partial charge in [0.15, 0.2) is 6.29 Å². The third-order valence-corrected chi connectivity index (χ3v) is 5.32. The van der Waals surface area contributed by atoms with Gasteiger partial charge in [-0.3, -0.25) is 9.59 Å². The molecular formula is C19H23NO3S. The van der Waals surface area contributed by atoms with Crippen molar-refractivity contribution < 1.29 is 14.7 Å². The molecule has 2 aromatic rings. The molecule has 1 heterocycles. The van der Waals surface area contributed by atoms with Gasteiger partial charge in [0.1, 0.15) is 0 Å². The number of hydrogen-bond donors (Lipinski definition) is 1. The SMILES string of the molecule is C[C@H](Cc1ccc(C=O)s1)C(=O)N(C)[C@@H](C)[C@@H](O)c1ccccc1. The zero-order chi connectivity index (χ0) is 17.7. The predicted octanol–water partition coefficient (Wildman–Crippen LogP) is 3.32. The Morgan fingerprint density at radius 1 is 1.21 bits per heavy atom. The fraction of sp³-hybridized carbons (Fsp3) is 0.368. The minimum absolute atomic E-state index is 0.0152. The Hall–Kier alpha value is -1.98. The van der Waals surface area contributed by atoms with E-state index in [-0.39, 0.29) is 17.9 Å². The van der Waals surface area contributed by atoms with Gasteiger partial charge in [-0.05, 0) is 31.0 Å². The van der Waals surface area contributed by atoms with Crippen molar-refractivity contribution in [1.29, 1.82) is 0 Å². The van der Waals surface area contributed by atoms with Crippen LogP contribution in [0.4, 0.5) is 0 Å². The van der Waals surface area contributed by atoms with Gasteiger partial charge < -0.3 is 10.0 Å². The van der Waals surface area contributed by atoms with Gasteiger partial charge in [-0.1, -0.05) is 37.3 Å². The third kappa shape index (κ3) is 4.30. The molecule has 2 rings (SSSR count). The first kappa shape index (κ1) is 18.4. The molecule has 4 nitrogen and oxygen atoms in total. The Labute approximate surface area is 146 Å². The van der Waals surface area contributed by atoms with Crippen molar-refractivity contribution in [2.75, 3.05) is 7.05 Å². The Bertz CT molecular complexity index is 683. The molecule has 0 fully saturated rings. The maximum atomic E-state index is 12.7. The van der Waals surface area contributed by atoms with E-state index in [9.17, 15) is 14.7 Å². The number of hydrogen-bond acceptors (Lipinski definition) is 4. The monoisotopic (exact) mass is 345 g/mol. The summed E-state index contributed by atoms with van der Waals surface area (Å²) >= 11 is 1.41. The molecule has 5 heteroatoms. The summed E-state index contributed by atoms with van der Waals surface area (Å²) in [4.78, 5) is 26.7. The minimum Gasteiger partial charge on any atom is -0.386 e. The molecule has 1 aromatic carbocycles. The van der Waals surface area contributed by atoms with Crippen molar-refractivity contribution in [2.45, 2.75) is 32.4 Å². The molecule has 1 amide bonds. The standard InChI is InChI=1S/C19H23NO3S/c1-13(11-16-9-10-17(12-21)24-16)19(23)20(3)14(2)18(22)15-7-5-4-6-8-15/h4-10,12-14,18,22H,11H2,1-3H3/t13-,14+,18-/m1/s1. The molecule has 24 heavy (non-hydrogen) atoms. The molecule has 1 N–H and O–H groups in total. The highest BCUT2D eigenvalue weighted by Gasteiger charge is 2.27. The molecule has 3 atom stereocenters. The second kappa shape index (κ2) is 8.22. The molecule has 0 aliphatic heterocycles. The quantitative estimate of drug-likeness (QED) is 0.783. The molecule has 0 unspecified atom stereocenters. The van der Waals surface area contributed by atoms with Crippen LogP contribution in [0.3, 0.4) is 0 Å². The zero-order valence-electron chi connectivity index (χ0n) is 14.2. The highest BCUT2D eigenvalue weighted by Crippen LogP contribution is 2.23. The molecule has 1 aromatic heterocycles. The topological polar surface area (TPSA) is 57.6 Å². The number of carbonyl (C=O) groups excluding carboxylic acids is 2.